The van der Waals surface area contributed by atoms with Crippen molar-refractivity contribution in [3.8, 4) is 0 Å². The smallest absolute Gasteiger partial charge is 0.246 e. The van der Waals surface area contributed by atoms with E-state index in [2.05, 4.69) is 10.2 Å². The van der Waals surface area contributed by atoms with Gasteiger partial charge in [0.05, 0.1) is 10.7 Å². The maximum atomic E-state index is 12.4. The van der Waals surface area contributed by atoms with Crippen molar-refractivity contribution in [2.45, 2.75) is 6.92 Å². The maximum absolute atomic E-state index is 12.4. The van der Waals surface area contributed by atoms with Crippen LogP contribution in [-0.2, 0) is 9.59 Å². The molecule has 1 fully saturated rings. The molecular weight excluding hydrogens is 362 g/mol. The summed E-state index contributed by atoms with van der Waals surface area (Å²) >= 11 is 6.38. The molecule has 1 aliphatic rings. The average molecular weight is 384 g/mol. The molecule has 0 aliphatic carbocycles. The number of rotatable bonds is 4. The van der Waals surface area contributed by atoms with Crippen LogP contribution in [0.1, 0.15) is 12.5 Å². The molecule has 1 heterocycles. The Bertz CT molecular complexity index is 844. The number of nitrogens with zero attached hydrogens (tertiary/aromatic N) is 2. The summed E-state index contributed by atoms with van der Waals surface area (Å²) in [6.45, 7) is 4.17. The van der Waals surface area contributed by atoms with Crippen molar-refractivity contribution in [3.63, 3.8) is 0 Å². The van der Waals surface area contributed by atoms with Gasteiger partial charge in [0.1, 0.15) is 0 Å². The maximum Gasteiger partial charge on any atom is 0.246 e. The Hall–Kier alpha value is -2.79. The van der Waals surface area contributed by atoms with Gasteiger partial charge in [-0.3, -0.25) is 9.59 Å². The molecule has 0 saturated carbocycles. The minimum Gasteiger partial charge on any atom is -0.367 e. The Labute approximate surface area is 164 Å². The van der Waals surface area contributed by atoms with Gasteiger partial charge in [-0.05, 0) is 29.8 Å². The summed E-state index contributed by atoms with van der Waals surface area (Å²) in [6, 6.07) is 15.3. The first-order chi connectivity index (χ1) is 13.0. The van der Waals surface area contributed by atoms with E-state index >= 15 is 0 Å². The third kappa shape index (κ3) is 5.11. The van der Waals surface area contributed by atoms with Crippen LogP contribution in [-0.4, -0.2) is 42.9 Å². The van der Waals surface area contributed by atoms with E-state index in [0.717, 1.165) is 11.3 Å². The van der Waals surface area contributed by atoms with Crippen molar-refractivity contribution in [1.82, 2.24) is 4.90 Å². The Morgan fingerprint density at radius 2 is 1.74 bits per heavy atom. The molecule has 0 unspecified atom stereocenters. The second-order valence-corrected chi connectivity index (χ2v) is 6.81. The number of hydrogen-bond donors (Lipinski definition) is 1. The van der Waals surface area contributed by atoms with Crippen LogP contribution in [0.5, 0.6) is 0 Å². The van der Waals surface area contributed by atoms with E-state index in [1.54, 1.807) is 12.1 Å². The number of hydrogen-bond acceptors (Lipinski definition) is 3. The van der Waals surface area contributed by atoms with Gasteiger partial charge in [0, 0.05) is 44.9 Å². The fraction of sp³-hybridized carbons (Fsp3) is 0.238. The lowest BCUT2D eigenvalue weighted by molar-refractivity contribution is -0.126. The first kappa shape index (κ1) is 19.0. The molecule has 3 rings (SSSR count). The van der Waals surface area contributed by atoms with Gasteiger partial charge in [-0.1, -0.05) is 41.9 Å². The summed E-state index contributed by atoms with van der Waals surface area (Å²) in [6.07, 6.45) is 3.46. The minimum atomic E-state index is -0.130. The Morgan fingerprint density at radius 1 is 1.04 bits per heavy atom. The monoisotopic (exact) mass is 383 g/mol. The zero-order valence-electron chi connectivity index (χ0n) is 15.2. The highest BCUT2D eigenvalue weighted by atomic mass is 35.5. The number of piperazine rings is 1. The summed E-state index contributed by atoms with van der Waals surface area (Å²) < 4.78 is 0. The zero-order valence-corrected chi connectivity index (χ0v) is 15.9. The standard InChI is InChI=1S/C21H22ClN3O2/c1-16(26)23-18-8-9-20(19(22)15-18)24-11-13-25(14-12-24)21(27)10-7-17-5-3-2-4-6-17/h2-10,15H,11-14H2,1H3,(H,23,26)/b10-7+. The molecule has 1 N–H and O–H groups in total. The van der Waals surface area contributed by atoms with Gasteiger partial charge >= 0.3 is 0 Å². The van der Waals surface area contributed by atoms with Crippen molar-refractivity contribution in [3.05, 3.63) is 65.2 Å². The number of amides is 2. The Balaban J connectivity index is 1.58. The van der Waals surface area contributed by atoms with E-state index in [1.165, 1.54) is 6.92 Å². The number of halogens is 1. The van der Waals surface area contributed by atoms with E-state index in [1.807, 2.05) is 53.4 Å². The van der Waals surface area contributed by atoms with Crippen LogP contribution in [0.15, 0.2) is 54.6 Å². The van der Waals surface area contributed by atoms with Crippen LogP contribution in [0.25, 0.3) is 6.08 Å². The Kier molecular flexibility index (Phi) is 6.14. The molecule has 2 aromatic carbocycles. The molecule has 0 bridgehead atoms. The molecule has 0 atom stereocenters. The molecule has 2 aromatic rings. The number of carbonyl (C=O) groups excluding carboxylic acids is 2. The summed E-state index contributed by atoms with van der Waals surface area (Å²) in [5.74, 6) is -0.111. The van der Waals surface area contributed by atoms with Gasteiger partial charge in [-0.2, -0.15) is 0 Å². The number of benzene rings is 2. The highest BCUT2D eigenvalue weighted by Crippen LogP contribution is 2.29. The first-order valence-electron chi connectivity index (χ1n) is 8.87. The molecule has 0 spiro atoms. The fourth-order valence-corrected chi connectivity index (χ4v) is 3.35. The largest absolute Gasteiger partial charge is 0.367 e. The lowest BCUT2D eigenvalue weighted by atomic mass is 10.2. The lowest BCUT2D eigenvalue weighted by Crippen LogP contribution is -2.48. The van der Waals surface area contributed by atoms with Crippen molar-refractivity contribution in [1.29, 1.82) is 0 Å². The highest BCUT2D eigenvalue weighted by Gasteiger charge is 2.21. The topological polar surface area (TPSA) is 52.7 Å². The average Bonchev–Trinajstić information content (AvgIpc) is 2.67. The van der Waals surface area contributed by atoms with E-state index < -0.39 is 0 Å². The van der Waals surface area contributed by atoms with Crippen LogP contribution in [0.4, 0.5) is 11.4 Å². The summed E-state index contributed by atoms with van der Waals surface area (Å²) in [4.78, 5) is 27.5. The molecule has 1 saturated heterocycles. The fourth-order valence-electron chi connectivity index (χ4n) is 3.05. The van der Waals surface area contributed by atoms with Crippen LogP contribution >= 0.6 is 11.6 Å². The molecule has 6 heteroatoms. The predicted octanol–water partition coefficient (Wildman–Crippen LogP) is 3.66. The quantitative estimate of drug-likeness (QED) is 0.820. The van der Waals surface area contributed by atoms with Crippen LogP contribution in [0.3, 0.4) is 0 Å². The highest BCUT2D eigenvalue weighted by molar-refractivity contribution is 6.33. The van der Waals surface area contributed by atoms with Crippen molar-refractivity contribution in [2.24, 2.45) is 0 Å². The SMILES string of the molecule is CC(=O)Nc1ccc(N2CCN(C(=O)/C=C/c3ccccc3)CC2)c(Cl)c1. The molecule has 140 valence electrons. The van der Waals surface area contributed by atoms with Crippen LogP contribution in [0.2, 0.25) is 5.02 Å². The van der Waals surface area contributed by atoms with Crippen LogP contribution < -0.4 is 10.2 Å². The van der Waals surface area contributed by atoms with Crippen LogP contribution in [0, 0.1) is 0 Å². The lowest BCUT2D eigenvalue weighted by Gasteiger charge is -2.36. The van der Waals surface area contributed by atoms with E-state index in [9.17, 15) is 9.59 Å². The van der Waals surface area contributed by atoms with E-state index in [0.29, 0.717) is 36.9 Å². The molecule has 5 nitrogen and oxygen atoms in total. The Morgan fingerprint density at radius 3 is 2.37 bits per heavy atom. The summed E-state index contributed by atoms with van der Waals surface area (Å²) in [7, 11) is 0. The first-order valence-corrected chi connectivity index (χ1v) is 9.25. The number of nitrogens with one attached hydrogen (secondary N) is 1. The third-order valence-electron chi connectivity index (χ3n) is 4.42. The molecule has 0 radical (unpaired) electrons. The van der Waals surface area contributed by atoms with E-state index in [4.69, 9.17) is 11.6 Å². The van der Waals surface area contributed by atoms with Crippen molar-refractivity contribution >= 4 is 40.9 Å². The summed E-state index contributed by atoms with van der Waals surface area (Å²) in [5.41, 5.74) is 2.60. The van der Waals surface area contributed by atoms with Gasteiger partial charge in [0.2, 0.25) is 11.8 Å². The minimum absolute atomic E-state index is 0.0191. The summed E-state index contributed by atoms with van der Waals surface area (Å²) in [5, 5.41) is 3.31. The second kappa shape index (κ2) is 8.73. The zero-order chi connectivity index (χ0) is 19.2. The second-order valence-electron chi connectivity index (χ2n) is 6.40. The van der Waals surface area contributed by atoms with Gasteiger partial charge in [0.15, 0.2) is 0 Å². The van der Waals surface area contributed by atoms with E-state index in [-0.39, 0.29) is 11.8 Å². The van der Waals surface area contributed by atoms with Crippen molar-refractivity contribution < 1.29 is 9.59 Å². The molecule has 2 amide bonds. The normalized spacial score (nSPS) is 14.4. The number of anilines is 2. The third-order valence-corrected chi connectivity index (χ3v) is 4.72. The number of carbonyl (C=O) groups is 2. The molecule has 1 aliphatic heterocycles. The van der Waals surface area contributed by atoms with Crippen molar-refractivity contribution in [2.75, 3.05) is 36.4 Å². The molecule has 0 aromatic heterocycles. The van der Waals surface area contributed by atoms with Gasteiger partial charge in [-0.25, -0.2) is 0 Å². The van der Waals surface area contributed by atoms with Gasteiger partial charge in [0.25, 0.3) is 0 Å². The van der Waals surface area contributed by atoms with Gasteiger partial charge < -0.3 is 15.1 Å². The van der Waals surface area contributed by atoms with Gasteiger partial charge in [-0.15, -0.1) is 0 Å². The predicted molar refractivity (Wildman–Crippen MR) is 110 cm³/mol. The molecular formula is C21H22ClN3O2. The molecule has 27 heavy (non-hydrogen) atoms.